The number of aromatic hydroxyl groups is 2. The first-order valence-corrected chi connectivity index (χ1v) is 13.5. The van der Waals surface area contributed by atoms with Gasteiger partial charge in [-0.15, -0.1) is 0 Å². The average Bonchev–Trinajstić information content (AvgIpc) is 2.97. The molecule has 0 aromatic heterocycles. The number of hydrogen-bond acceptors (Lipinski definition) is 15. The standard InChI is InChI=1S/C28H34O15/c1-10-21(33)23(35)25(37)27(39-10)43-26-24(36)22(34)19(9-29)42-28(26)40-12-6-14(31)20-15(32)8-17(41-18(20)7-12)11-3-4-16(38-2)13(30)5-11/h3-7,10,17,19,21-31,33-37H,8-9H2,1-2H3/t10?,17-,19?,21-,22+,23?,24?,25?,26?,27-,28+/m0/s1. The van der Waals surface area contributed by atoms with Crippen molar-refractivity contribution in [3.63, 3.8) is 0 Å². The first kappa shape index (κ1) is 31.2. The monoisotopic (exact) mass is 610 g/mol. The van der Waals surface area contributed by atoms with E-state index in [1.165, 1.54) is 32.2 Å². The quantitative estimate of drug-likeness (QED) is 0.185. The third kappa shape index (κ3) is 5.95. The predicted octanol–water partition coefficient (Wildman–Crippen LogP) is -1.16. The molecule has 3 aliphatic heterocycles. The summed E-state index contributed by atoms with van der Waals surface area (Å²) >= 11 is 0. The van der Waals surface area contributed by atoms with Gasteiger partial charge in [0.15, 0.2) is 29.7 Å². The van der Waals surface area contributed by atoms with Gasteiger partial charge in [0, 0.05) is 12.1 Å². The molecule has 15 heteroatoms. The van der Waals surface area contributed by atoms with Crippen LogP contribution in [0.1, 0.15) is 35.4 Å². The highest BCUT2D eigenvalue weighted by Gasteiger charge is 2.51. The number of Topliss-reactive ketones (excluding diaryl/α,β-unsaturated/α-hetero) is 1. The Balaban J connectivity index is 1.41. The molecule has 2 aromatic carbocycles. The molecule has 5 rings (SSSR count). The molecular weight excluding hydrogens is 576 g/mol. The van der Waals surface area contributed by atoms with Crippen LogP contribution in [0.15, 0.2) is 30.3 Å². The van der Waals surface area contributed by atoms with Crippen LogP contribution in [0.4, 0.5) is 0 Å². The number of aliphatic hydroxyl groups is 6. The van der Waals surface area contributed by atoms with Crippen molar-refractivity contribution < 1.29 is 74.1 Å². The van der Waals surface area contributed by atoms with E-state index in [0.717, 1.165) is 6.07 Å². The molecule has 236 valence electrons. The van der Waals surface area contributed by atoms with Gasteiger partial charge in [-0.25, -0.2) is 0 Å². The van der Waals surface area contributed by atoms with Crippen molar-refractivity contribution in [3.05, 3.63) is 41.5 Å². The number of ether oxygens (including phenoxy) is 6. The van der Waals surface area contributed by atoms with Crippen molar-refractivity contribution in [2.24, 2.45) is 0 Å². The van der Waals surface area contributed by atoms with Gasteiger partial charge in [0.25, 0.3) is 0 Å². The molecule has 8 N–H and O–H groups in total. The van der Waals surface area contributed by atoms with Gasteiger partial charge in [-0.1, -0.05) is 6.07 Å². The Morgan fingerprint density at radius 3 is 2.30 bits per heavy atom. The molecule has 2 aromatic rings. The zero-order valence-electron chi connectivity index (χ0n) is 23.1. The van der Waals surface area contributed by atoms with Gasteiger partial charge in [-0.05, 0) is 24.6 Å². The van der Waals surface area contributed by atoms with Gasteiger partial charge in [0.2, 0.25) is 6.29 Å². The number of rotatable bonds is 7. The minimum atomic E-state index is -1.76. The first-order valence-electron chi connectivity index (χ1n) is 13.5. The molecule has 3 aliphatic rings. The third-order valence-corrected chi connectivity index (χ3v) is 7.72. The molecule has 0 aliphatic carbocycles. The largest absolute Gasteiger partial charge is 0.507 e. The molecule has 0 bridgehead atoms. The van der Waals surface area contributed by atoms with E-state index in [1.807, 2.05) is 0 Å². The Kier molecular flexibility index (Phi) is 8.99. The summed E-state index contributed by atoms with van der Waals surface area (Å²) < 4.78 is 33.7. The number of hydrogen-bond donors (Lipinski definition) is 8. The summed E-state index contributed by atoms with van der Waals surface area (Å²) in [6.07, 6.45) is -16.3. The van der Waals surface area contributed by atoms with E-state index in [9.17, 15) is 45.6 Å². The molecule has 15 nitrogen and oxygen atoms in total. The van der Waals surface area contributed by atoms with Crippen molar-refractivity contribution in [2.45, 2.75) is 80.9 Å². The third-order valence-electron chi connectivity index (χ3n) is 7.72. The summed E-state index contributed by atoms with van der Waals surface area (Å²) in [6.45, 7) is 0.699. The molecule has 2 saturated heterocycles. The fourth-order valence-electron chi connectivity index (χ4n) is 5.29. The van der Waals surface area contributed by atoms with E-state index in [4.69, 9.17) is 28.4 Å². The van der Waals surface area contributed by atoms with Crippen molar-refractivity contribution in [2.75, 3.05) is 13.7 Å². The lowest BCUT2D eigenvalue weighted by Gasteiger charge is -2.45. The molecular formula is C28H34O15. The lowest BCUT2D eigenvalue weighted by Crippen LogP contribution is -2.64. The molecule has 6 unspecified atom stereocenters. The molecule has 3 heterocycles. The summed E-state index contributed by atoms with van der Waals surface area (Å²) in [5, 5.41) is 82.4. The first-order chi connectivity index (χ1) is 20.4. The Morgan fingerprint density at radius 2 is 1.63 bits per heavy atom. The van der Waals surface area contributed by atoms with E-state index in [0.29, 0.717) is 5.56 Å². The Hall–Kier alpha value is -3.25. The number of carbonyl (C=O) groups excluding carboxylic acids is 1. The number of benzene rings is 2. The zero-order chi connectivity index (χ0) is 31.2. The zero-order valence-corrected chi connectivity index (χ0v) is 23.1. The van der Waals surface area contributed by atoms with Gasteiger partial charge in [0.1, 0.15) is 65.5 Å². The summed E-state index contributed by atoms with van der Waals surface area (Å²) in [5.74, 6) is -1.06. The fraction of sp³-hybridized carbons (Fsp3) is 0.536. The smallest absolute Gasteiger partial charge is 0.229 e. The van der Waals surface area contributed by atoms with Crippen molar-refractivity contribution in [3.8, 4) is 28.7 Å². The lowest BCUT2D eigenvalue weighted by atomic mass is 9.95. The van der Waals surface area contributed by atoms with E-state index in [-0.39, 0.29) is 35.0 Å². The molecule has 43 heavy (non-hydrogen) atoms. The molecule has 0 saturated carbocycles. The van der Waals surface area contributed by atoms with Crippen LogP contribution in [0.5, 0.6) is 28.7 Å². The summed E-state index contributed by atoms with van der Waals surface area (Å²) in [7, 11) is 1.39. The van der Waals surface area contributed by atoms with Crippen molar-refractivity contribution in [1.29, 1.82) is 0 Å². The Bertz CT molecular complexity index is 1320. The van der Waals surface area contributed by atoms with Crippen LogP contribution in [0, 0.1) is 0 Å². The van der Waals surface area contributed by atoms with Crippen LogP contribution in [0.3, 0.4) is 0 Å². The number of phenols is 2. The number of phenolic OH excluding ortho intramolecular Hbond substituents is 2. The average molecular weight is 611 g/mol. The van der Waals surface area contributed by atoms with Gasteiger partial charge in [-0.2, -0.15) is 0 Å². The van der Waals surface area contributed by atoms with Crippen LogP contribution >= 0.6 is 0 Å². The molecule has 2 fully saturated rings. The van der Waals surface area contributed by atoms with Crippen molar-refractivity contribution >= 4 is 5.78 Å². The predicted molar refractivity (Wildman–Crippen MR) is 141 cm³/mol. The molecule has 11 atom stereocenters. The number of methoxy groups -OCH3 is 1. The van der Waals surface area contributed by atoms with Crippen LogP contribution in [-0.2, 0) is 14.2 Å². The number of ketones is 1. The normalized spacial score (nSPS) is 36.0. The molecule has 0 spiro atoms. The fourth-order valence-corrected chi connectivity index (χ4v) is 5.29. The maximum absolute atomic E-state index is 13.0. The van der Waals surface area contributed by atoms with Crippen molar-refractivity contribution in [1.82, 2.24) is 0 Å². The van der Waals surface area contributed by atoms with Crippen LogP contribution < -0.4 is 14.2 Å². The highest BCUT2D eigenvalue weighted by molar-refractivity contribution is 6.02. The number of aliphatic hydroxyl groups excluding tert-OH is 6. The van der Waals surface area contributed by atoms with Crippen LogP contribution in [0.2, 0.25) is 0 Å². The minimum absolute atomic E-state index is 0.0592. The Labute approximate surface area is 245 Å². The highest BCUT2D eigenvalue weighted by atomic mass is 16.8. The number of fused-ring (bicyclic) bond motifs is 1. The summed E-state index contributed by atoms with van der Waals surface area (Å²) in [4.78, 5) is 13.0. The maximum Gasteiger partial charge on any atom is 0.229 e. The van der Waals surface area contributed by atoms with E-state index >= 15 is 0 Å². The maximum atomic E-state index is 13.0. The SMILES string of the molecule is COc1ccc([C@@H]2CC(=O)c3c(O)cc(O[C@@H]4OC(CO)[C@@H](O)C(O)C4O[C@@H]4OC(C)[C@H](O)C(O)C4O)cc3O2)cc1O. The second-order valence-electron chi connectivity index (χ2n) is 10.6. The minimum Gasteiger partial charge on any atom is -0.507 e. The second kappa shape index (κ2) is 12.4. The Morgan fingerprint density at radius 1 is 0.884 bits per heavy atom. The second-order valence-corrected chi connectivity index (χ2v) is 10.6. The lowest BCUT2D eigenvalue weighted by molar-refractivity contribution is -0.354. The summed E-state index contributed by atoms with van der Waals surface area (Å²) in [5.41, 5.74) is 0.352. The topological polar surface area (TPSA) is 234 Å². The van der Waals surface area contributed by atoms with E-state index < -0.39 is 85.7 Å². The molecule has 0 radical (unpaired) electrons. The number of carbonyl (C=O) groups is 1. The van der Waals surface area contributed by atoms with Crippen LogP contribution in [0.25, 0.3) is 0 Å². The van der Waals surface area contributed by atoms with Gasteiger partial charge >= 0.3 is 0 Å². The van der Waals surface area contributed by atoms with Gasteiger partial charge < -0.3 is 69.3 Å². The highest BCUT2D eigenvalue weighted by Crippen LogP contribution is 2.43. The molecule has 0 amide bonds. The van der Waals surface area contributed by atoms with Gasteiger partial charge in [0.05, 0.1) is 26.2 Å². The van der Waals surface area contributed by atoms with E-state index in [1.54, 1.807) is 6.07 Å². The van der Waals surface area contributed by atoms with Crippen LogP contribution in [-0.4, -0.2) is 122 Å². The summed E-state index contributed by atoms with van der Waals surface area (Å²) in [6, 6.07) is 6.89. The van der Waals surface area contributed by atoms with Gasteiger partial charge in [-0.3, -0.25) is 4.79 Å². The van der Waals surface area contributed by atoms with E-state index in [2.05, 4.69) is 0 Å².